The average Bonchev–Trinajstić information content (AvgIpc) is 2.41. The fraction of sp³-hybridized carbons (Fsp3) is 0.294. The zero-order valence-corrected chi connectivity index (χ0v) is 12.6. The smallest absolute Gasteiger partial charge is 0.124 e. The molecule has 0 aliphatic rings. The van der Waals surface area contributed by atoms with E-state index in [4.69, 9.17) is 0 Å². The first-order chi connectivity index (χ1) is 9.54. The van der Waals surface area contributed by atoms with Crippen LogP contribution in [0, 0.1) is 19.7 Å². The van der Waals surface area contributed by atoms with Crippen molar-refractivity contribution >= 4 is 11.8 Å². The Balaban J connectivity index is 1.89. The maximum atomic E-state index is 13.0. The fourth-order valence-electron chi connectivity index (χ4n) is 2.01. The zero-order valence-electron chi connectivity index (χ0n) is 11.8. The number of aryl methyl sites for hydroxylation is 2. The number of benzene rings is 2. The number of thioether (sulfide) groups is 1. The van der Waals surface area contributed by atoms with Crippen molar-refractivity contribution < 1.29 is 9.50 Å². The van der Waals surface area contributed by atoms with Crippen LogP contribution in [0.4, 0.5) is 4.39 Å². The molecule has 0 amide bonds. The minimum absolute atomic E-state index is 0.237. The second kappa shape index (κ2) is 6.91. The Hall–Kier alpha value is -1.32. The highest BCUT2D eigenvalue weighted by Crippen LogP contribution is 2.21. The van der Waals surface area contributed by atoms with Crippen molar-refractivity contribution in [3.63, 3.8) is 0 Å². The predicted molar refractivity (Wildman–Crippen MR) is 82.8 cm³/mol. The number of aliphatic hydroxyl groups excluding tert-OH is 1. The molecular formula is C17H19FOS. The lowest BCUT2D eigenvalue weighted by Crippen LogP contribution is -2.13. The Morgan fingerprint density at radius 1 is 1.10 bits per heavy atom. The van der Waals surface area contributed by atoms with Crippen LogP contribution in [0.3, 0.4) is 0 Å². The van der Waals surface area contributed by atoms with Gasteiger partial charge in [-0.25, -0.2) is 4.39 Å². The monoisotopic (exact) mass is 290 g/mol. The van der Waals surface area contributed by atoms with Crippen molar-refractivity contribution in [3.8, 4) is 0 Å². The Morgan fingerprint density at radius 3 is 2.60 bits per heavy atom. The largest absolute Gasteiger partial charge is 0.392 e. The van der Waals surface area contributed by atoms with Crippen LogP contribution in [-0.2, 0) is 6.42 Å². The fourth-order valence-corrected chi connectivity index (χ4v) is 2.88. The second-order valence-corrected chi connectivity index (χ2v) is 6.14. The number of halogens is 1. The molecular weight excluding hydrogens is 271 g/mol. The number of rotatable bonds is 5. The molecule has 0 saturated heterocycles. The molecule has 2 aromatic carbocycles. The molecule has 1 atom stereocenters. The summed E-state index contributed by atoms with van der Waals surface area (Å²) < 4.78 is 13.0. The SMILES string of the molecule is Cc1ccc(CC(O)CSc2cccc(F)c2)cc1C. The average molecular weight is 290 g/mol. The van der Waals surface area contributed by atoms with Gasteiger partial charge in [0.05, 0.1) is 6.10 Å². The summed E-state index contributed by atoms with van der Waals surface area (Å²) in [6.45, 7) is 4.15. The third kappa shape index (κ3) is 4.36. The first-order valence-corrected chi connectivity index (χ1v) is 7.66. The molecule has 106 valence electrons. The molecule has 0 heterocycles. The van der Waals surface area contributed by atoms with E-state index >= 15 is 0 Å². The third-order valence-electron chi connectivity index (χ3n) is 3.28. The summed E-state index contributed by atoms with van der Waals surface area (Å²) in [4.78, 5) is 0.851. The number of hydrogen-bond acceptors (Lipinski definition) is 2. The summed E-state index contributed by atoms with van der Waals surface area (Å²) in [6, 6.07) is 12.7. The number of aliphatic hydroxyl groups is 1. The topological polar surface area (TPSA) is 20.2 Å². The lowest BCUT2D eigenvalue weighted by Gasteiger charge is -2.11. The molecule has 1 unspecified atom stereocenters. The van der Waals surface area contributed by atoms with Crippen LogP contribution in [0.1, 0.15) is 16.7 Å². The molecule has 0 aromatic heterocycles. The Morgan fingerprint density at radius 2 is 1.90 bits per heavy atom. The van der Waals surface area contributed by atoms with E-state index in [0.29, 0.717) is 12.2 Å². The van der Waals surface area contributed by atoms with E-state index in [2.05, 4.69) is 32.0 Å². The molecule has 0 saturated carbocycles. The zero-order chi connectivity index (χ0) is 14.5. The van der Waals surface area contributed by atoms with Gasteiger partial charge in [-0.05, 0) is 55.2 Å². The van der Waals surface area contributed by atoms with Gasteiger partial charge in [0, 0.05) is 10.6 Å². The molecule has 0 aliphatic carbocycles. The normalized spacial score (nSPS) is 12.4. The van der Waals surface area contributed by atoms with E-state index in [-0.39, 0.29) is 5.82 Å². The summed E-state index contributed by atoms with van der Waals surface area (Å²) in [5.74, 6) is 0.328. The van der Waals surface area contributed by atoms with Crippen LogP contribution >= 0.6 is 11.8 Å². The first kappa shape index (κ1) is 15.1. The van der Waals surface area contributed by atoms with Gasteiger partial charge < -0.3 is 5.11 Å². The van der Waals surface area contributed by atoms with Crippen molar-refractivity contribution in [1.82, 2.24) is 0 Å². The molecule has 20 heavy (non-hydrogen) atoms. The van der Waals surface area contributed by atoms with E-state index in [1.54, 1.807) is 6.07 Å². The second-order valence-electron chi connectivity index (χ2n) is 5.04. The standard InChI is InChI=1S/C17H19FOS/c1-12-6-7-14(8-13(12)2)9-16(19)11-20-17-5-3-4-15(18)10-17/h3-8,10,16,19H,9,11H2,1-2H3. The van der Waals surface area contributed by atoms with E-state index < -0.39 is 6.10 Å². The lowest BCUT2D eigenvalue weighted by atomic mass is 10.0. The maximum absolute atomic E-state index is 13.0. The van der Waals surface area contributed by atoms with Crippen molar-refractivity contribution in [2.24, 2.45) is 0 Å². The molecule has 0 fully saturated rings. The Kier molecular flexibility index (Phi) is 5.21. The van der Waals surface area contributed by atoms with Crippen LogP contribution in [-0.4, -0.2) is 17.0 Å². The molecule has 0 bridgehead atoms. The van der Waals surface area contributed by atoms with Crippen molar-refractivity contribution in [2.45, 2.75) is 31.3 Å². The molecule has 1 nitrogen and oxygen atoms in total. The predicted octanol–water partition coefficient (Wildman–Crippen LogP) is 4.14. The van der Waals surface area contributed by atoms with Crippen molar-refractivity contribution in [2.75, 3.05) is 5.75 Å². The van der Waals surface area contributed by atoms with Gasteiger partial charge in [-0.3, -0.25) is 0 Å². The summed E-state index contributed by atoms with van der Waals surface area (Å²) in [7, 11) is 0. The summed E-state index contributed by atoms with van der Waals surface area (Å²) >= 11 is 1.48. The minimum atomic E-state index is -0.426. The molecule has 0 spiro atoms. The lowest BCUT2D eigenvalue weighted by molar-refractivity contribution is 0.200. The van der Waals surface area contributed by atoms with Gasteiger partial charge >= 0.3 is 0 Å². The first-order valence-electron chi connectivity index (χ1n) is 6.67. The van der Waals surface area contributed by atoms with E-state index in [1.807, 2.05) is 6.07 Å². The van der Waals surface area contributed by atoms with Crippen molar-refractivity contribution in [1.29, 1.82) is 0 Å². The van der Waals surface area contributed by atoms with Crippen molar-refractivity contribution in [3.05, 3.63) is 65.0 Å². The highest BCUT2D eigenvalue weighted by Gasteiger charge is 2.08. The Bertz CT molecular complexity index is 583. The van der Waals surface area contributed by atoms with Crippen LogP contribution in [0.5, 0.6) is 0 Å². The van der Waals surface area contributed by atoms with Crippen LogP contribution in [0.15, 0.2) is 47.4 Å². The van der Waals surface area contributed by atoms with Gasteiger partial charge in [0.2, 0.25) is 0 Å². The van der Waals surface area contributed by atoms with Crippen LogP contribution < -0.4 is 0 Å². The van der Waals surface area contributed by atoms with Crippen LogP contribution in [0.2, 0.25) is 0 Å². The number of hydrogen-bond donors (Lipinski definition) is 1. The third-order valence-corrected chi connectivity index (χ3v) is 4.42. The molecule has 1 N–H and O–H groups in total. The molecule has 0 radical (unpaired) electrons. The van der Waals surface area contributed by atoms with Gasteiger partial charge in [0.25, 0.3) is 0 Å². The van der Waals surface area contributed by atoms with Crippen LogP contribution in [0.25, 0.3) is 0 Å². The molecule has 3 heteroatoms. The summed E-state index contributed by atoms with van der Waals surface area (Å²) in [5.41, 5.74) is 3.64. The minimum Gasteiger partial charge on any atom is -0.392 e. The summed E-state index contributed by atoms with van der Waals surface area (Å²) in [5, 5.41) is 10.1. The maximum Gasteiger partial charge on any atom is 0.124 e. The van der Waals surface area contributed by atoms with E-state index in [9.17, 15) is 9.50 Å². The highest BCUT2D eigenvalue weighted by atomic mass is 32.2. The molecule has 0 aliphatic heterocycles. The van der Waals surface area contributed by atoms with Gasteiger partial charge in [0.1, 0.15) is 5.82 Å². The quantitative estimate of drug-likeness (QED) is 0.835. The molecule has 2 rings (SSSR count). The summed E-state index contributed by atoms with van der Waals surface area (Å²) in [6.07, 6.45) is 0.203. The van der Waals surface area contributed by atoms with E-state index in [0.717, 1.165) is 10.5 Å². The van der Waals surface area contributed by atoms with Gasteiger partial charge in [-0.2, -0.15) is 0 Å². The molecule has 2 aromatic rings. The van der Waals surface area contributed by atoms with Gasteiger partial charge in [-0.1, -0.05) is 24.3 Å². The highest BCUT2D eigenvalue weighted by molar-refractivity contribution is 7.99. The van der Waals surface area contributed by atoms with Gasteiger partial charge in [-0.15, -0.1) is 11.8 Å². The van der Waals surface area contributed by atoms with Gasteiger partial charge in [0.15, 0.2) is 0 Å². The van der Waals surface area contributed by atoms with E-state index in [1.165, 1.54) is 35.0 Å². The Labute approximate surface area is 123 Å².